The molecular weight excluding hydrogens is 661 g/mol. The SMILES string of the molecule is COc1ccc(S(=O)(=O)N(CC(N)=O)c2ccc(N(CC(N)=O)S(=O)(=O)c3ccc(NC(=O)[C@H]4CCCN4)cc3)c3ccccc23)cc1. The molecule has 5 rings (SSSR count). The van der Waals surface area contributed by atoms with Gasteiger partial charge in [0.05, 0.1) is 34.3 Å². The highest BCUT2D eigenvalue weighted by atomic mass is 32.2. The maximum absolute atomic E-state index is 14.1. The summed E-state index contributed by atoms with van der Waals surface area (Å²) in [6.45, 7) is -0.727. The van der Waals surface area contributed by atoms with Crippen molar-refractivity contribution in [2.24, 2.45) is 11.5 Å². The zero-order valence-electron chi connectivity index (χ0n) is 25.8. The zero-order valence-corrected chi connectivity index (χ0v) is 27.5. The van der Waals surface area contributed by atoms with Gasteiger partial charge in [0, 0.05) is 16.5 Å². The van der Waals surface area contributed by atoms with Crippen molar-refractivity contribution in [3.05, 3.63) is 84.9 Å². The lowest BCUT2D eigenvalue weighted by molar-refractivity contribution is -0.118. The van der Waals surface area contributed by atoms with E-state index in [1.807, 2.05) is 0 Å². The van der Waals surface area contributed by atoms with Gasteiger partial charge in [0.15, 0.2) is 0 Å². The molecule has 1 saturated heterocycles. The summed E-state index contributed by atoms with van der Waals surface area (Å²) in [7, 11) is -7.38. The van der Waals surface area contributed by atoms with Crippen LogP contribution in [-0.4, -0.2) is 67.3 Å². The van der Waals surface area contributed by atoms with Crippen molar-refractivity contribution in [1.29, 1.82) is 0 Å². The summed E-state index contributed by atoms with van der Waals surface area (Å²) in [5.74, 6) is -1.69. The summed E-state index contributed by atoms with van der Waals surface area (Å²) in [6, 6.07) is 19.7. The molecule has 4 aromatic rings. The number of amides is 3. The first-order valence-corrected chi connectivity index (χ1v) is 17.6. The Balaban J connectivity index is 1.57. The number of rotatable bonds is 13. The Hall–Kier alpha value is -5.19. The van der Waals surface area contributed by atoms with E-state index in [1.54, 1.807) is 24.3 Å². The summed E-state index contributed by atoms with van der Waals surface area (Å²) in [5.41, 5.74) is 11.5. The number of nitrogens with zero attached hydrogens (tertiary/aromatic N) is 2. The number of methoxy groups -OCH3 is 1. The number of nitrogens with one attached hydrogen (secondary N) is 2. The maximum Gasteiger partial charge on any atom is 0.264 e. The Morgan fingerprint density at radius 2 is 1.25 bits per heavy atom. The molecular formula is C32H34N6O8S2. The van der Waals surface area contributed by atoms with Crippen LogP contribution in [0.2, 0.25) is 0 Å². The van der Waals surface area contributed by atoms with Gasteiger partial charge >= 0.3 is 0 Å². The van der Waals surface area contributed by atoms with Crippen molar-refractivity contribution in [2.45, 2.75) is 28.7 Å². The topological polar surface area (TPSA) is 211 Å². The average Bonchev–Trinajstić information content (AvgIpc) is 3.62. The van der Waals surface area contributed by atoms with Gasteiger partial charge in [0.25, 0.3) is 20.0 Å². The fourth-order valence-corrected chi connectivity index (χ4v) is 8.33. The lowest BCUT2D eigenvalue weighted by atomic mass is 10.1. The highest BCUT2D eigenvalue weighted by Crippen LogP contribution is 2.38. The molecule has 0 spiro atoms. The van der Waals surface area contributed by atoms with E-state index in [2.05, 4.69) is 10.6 Å². The van der Waals surface area contributed by atoms with Gasteiger partial charge in [-0.05, 0) is 80.1 Å². The van der Waals surface area contributed by atoms with Crippen molar-refractivity contribution in [3.8, 4) is 5.75 Å². The number of sulfonamides is 2. The first-order chi connectivity index (χ1) is 22.8. The Bertz CT molecular complexity index is 2070. The second kappa shape index (κ2) is 13.9. The molecule has 1 aliphatic rings. The van der Waals surface area contributed by atoms with Crippen LogP contribution in [0, 0.1) is 0 Å². The van der Waals surface area contributed by atoms with Crippen LogP contribution in [0.4, 0.5) is 17.1 Å². The van der Waals surface area contributed by atoms with Crippen molar-refractivity contribution in [1.82, 2.24) is 5.32 Å². The predicted molar refractivity (Wildman–Crippen MR) is 180 cm³/mol. The fourth-order valence-electron chi connectivity index (χ4n) is 5.43. The van der Waals surface area contributed by atoms with Crippen LogP contribution in [0.1, 0.15) is 12.8 Å². The molecule has 0 aromatic heterocycles. The molecule has 0 aliphatic carbocycles. The van der Waals surface area contributed by atoms with E-state index in [0.717, 1.165) is 21.6 Å². The molecule has 1 aliphatic heterocycles. The third kappa shape index (κ3) is 7.05. The number of carbonyl (C=O) groups is 3. The quantitative estimate of drug-likeness (QED) is 0.161. The molecule has 48 heavy (non-hydrogen) atoms. The van der Waals surface area contributed by atoms with E-state index >= 15 is 0 Å². The molecule has 14 nitrogen and oxygen atoms in total. The summed E-state index contributed by atoms with van der Waals surface area (Å²) in [4.78, 5) is 36.6. The van der Waals surface area contributed by atoms with Gasteiger partial charge in [-0.2, -0.15) is 0 Å². The number of primary amides is 2. The van der Waals surface area contributed by atoms with Crippen molar-refractivity contribution < 1.29 is 36.0 Å². The van der Waals surface area contributed by atoms with Gasteiger partial charge in [0.2, 0.25) is 17.7 Å². The number of fused-ring (bicyclic) bond motifs is 1. The van der Waals surface area contributed by atoms with Gasteiger partial charge < -0.3 is 26.8 Å². The number of nitrogens with two attached hydrogens (primary N) is 2. The van der Waals surface area contributed by atoms with Crippen LogP contribution in [0.25, 0.3) is 10.8 Å². The molecule has 1 fully saturated rings. The van der Waals surface area contributed by atoms with Gasteiger partial charge in [-0.3, -0.25) is 23.0 Å². The highest BCUT2D eigenvalue weighted by molar-refractivity contribution is 7.93. The van der Waals surface area contributed by atoms with E-state index in [4.69, 9.17) is 16.2 Å². The van der Waals surface area contributed by atoms with Crippen LogP contribution < -0.4 is 35.4 Å². The van der Waals surface area contributed by atoms with Gasteiger partial charge in [0.1, 0.15) is 18.8 Å². The van der Waals surface area contributed by atoms with E-state index in [0.29, 0.717) is 17.9 Å². The lowest BCUT2D eigenvalue weighted by Crippen LogP contribution is -2.39. The molecule has 0 unspecified atom stereocenters. The fraction of sp³-hybridized carbons (Fsp3) is 0.219. The molecule has 1 atom stereocenters. The average molecular weight is 695 g/mol. The smallest absolute Gasteiger partial charge is 0.264 e. The molecule has 0 saturated carbocycles. The minimum absolute atomic E-state index is 0.0266. The Morgan fingerprint density at radius 3 is 1.67 bits per heavy atom. The maximum atomic E-state index is 14.1. The number of carbonyl (C=O) groups excluding carboxylic acids is 3. The van der Waals surface area contributed by atoms with E-state index < -0.39 is 45.0 Å². The molecule has 3 amide bonds. The summed E-state index contributed by atoms with van der Waals surface area (Å²) < 4.78 is 62.6. The molecule has 4 aromatic carbocycles. The molecule has 6 N–H and O–H groups in total. The monoisotopic (exact) mass is 694 g/mol. The standard InChI is InChI=1S/C32H34N6O8S2/c1-46-22-10-14-24(15-11-22)48(44,45)38(20-31(34)40)29-17-16-28(25-5-2-3-6-26(25)29)37(19-30(33)39)47(42,43)23-12-8-21(9-13-23)36-32(41)27-7-4-18-35-27/h2-3,5-6,8-17,27,35H,4,7,18-20H2,1H3,(H2,33,39)(H2,34,40)(H,36,41)/t27-/m1/s1. The highest BCUT2D eigenvalue weighted by Gasteiger charge is 2.32. The first kappa shape index (κ1) is 34.2. The van der Waals surface area contributed by atoms with Crippen LogP contribution in [-0.2, 0) is 34.4 Å². The number of hydrogen-bond donors (Lipinski definition) is 4. The Labute approximate surface area is 277 Å². The zero-order chi connectivity index (χ0) is 34.6. The van der Waals surface area contributed by atoms with Crippen LogP contribution in [0.5, 0.6) is 5.75 Å². The van der Waals surface area contributed by atoms with E-state index in [9.17, 15) is 31.2 Å². The van der Waals surface area contributed by atoms with Gasteiger partial charge in [-0.15, -0.1) is 0 Å². The summed E-state index contributed by atoms with van der Waals surface area (Å²) in [6.07, 6.45) is 1.57. The van der Waals surface area contributed by atoms with E-state index in [1.165, 1.54) is 67.8 Å². The molecule has 0 radical (unpaired) electrons. The Morgan fingerprint density at radius 1 is 0.771 bits per heavy atom. The van der Waals surface area contributed by atoms with Crippen LogP contribution >= 0.6 is 0 Å². The van der Waals surface area contributed by atoms with Gasteiger partial charge in [-0.25, -0.2) is 16.8 Å². The van der Waals surface area contributed by atoms with Crippen LogP contribution in [0.15, 0.2) is 94.7 Å². The minimum atomic E-state index is -4.44. The van der Waals surface area contributed by atoms with Crippen molar-refractivity contribution in [2.75, 3.05) is 40.7 Å². The summed E-state index contributed by atoms with van der Waals surface area (Å²) >= 11 is 0. The largest absolute Gasteiger partial charge is 0.497 e. The second-order valence-corrected chi connectivity index (χ2v) is 14.7. The van der Waals surface area contributed by atoms with Crippen molar-refractivity contribution >= 4 is 65.6 Å². The third-order valence-electron chi connectivity index (χ3n) is 7.75. The number of benzene rings is 4. The predicted octanol–water partition coefficient (Wildman–Crippen LogP) is 1.90. The van der Waals surface area contributed by atoms with Crippen LogP contribution in [0.3, 0.4) is 0 Å². The minimum Gasteiger partial charge on any atom is -0.497 e. The first-order valence-electron chi connectivity index (χ1n) is 14.7. The molecule has 1 heterocycles. The van der Waals surface area contributed by atoms with Gasteiger partial charge in [-0.1, -0.05) is 24.3 Å². The van der Waals surface area contributed by atoms with Crippen molar-refractivity contribution in [3.63, 3.8) is 0 Å². The molecule has 16 heteroatoms. The third-order valence-corrected chi connectivity index (χ3v) is 11.3. The number of hydrogen-bond acceptors (Lipinski definition) is 9. The normalized spacial score (nSPS) is 14.7. The lowest BCUT2D eigenvalue weighted by Gasteiger charge is -2.28. The molecule has 0 bridgehead atoms. The Kier molecular flexibility index (Phi) is 9.88. The number of ether oxygens (including phenoxy) is 1. The second-order valence-electron chi connectivity index (χ2n) is 10.9. The van der Waals surface area contributed by atoms with E-state index in [-0.39, 0.29) is 43.9 Å². The molecule has 252 valence electrons. The number of anilines is 3. The summed E-state index contributed by atoms with van der Waals surface area (Å²) in [5, 5.41) is 6.35.